The van der Waals surface area contributed by atoms with Crippen LogP contribution in [0, 0.1) is 6.92 Å². The average molecular weight is 271 g/mol. The van der Waals surface area contributed by atoms with E-state index >= 15 is 0 Å². The number of pyridine rings is 1. The van der Waals surface area contributed by atoms with Crippen LogP contribution >= 0.6 is 0 Å². The molecule has 19 heavy (non-hydrogen) atoms. The molecular weight excluding hydrogens is 248 g/mol. The Kier molecular flexibility index (Phi) is 5.23. The smallest absolute Gasteiger partial charge is 0.255 e. The van der Waals surface area contributed by atoms with E-state index in [2.05, 4.69) is 31.1 Å². The van der Waals surface area contributed by atoms with Gasteiger partial charge in [0, 0.05) is 24.8 Å². The highest BCUT2D eigenvalue weighted by Crippen LogP contribution is 2.15. The molecule has 0 amide bonds. The summed E-state index contributed by atoms with van der Waals surface area (Å²) in [4.78, 5) is 5.78. The van der Waals surface area contributed by atoms with Gasteiger partial charge < -0.3 is 10.2 Å². The molecule has 1 N–H and O–H groups in total. The molecule has 5 heteroatoms. The molecule has 3 nitrogen and oxygen atoms in total. The Bertz CT molecular complexity index is 414. The monoisotopic (exact) mass is 271 g/mol. The molecule has 0 aromatic carbocycles. The lowest BCUT2D eigenvalue weighted by Crippen LogP contribution is -2.35. The van der Waals surface area contributed by atoms with Gasteiger partial charge in [-0.1, -0.05) is 0 Å². The molecule has 0 bridgehead atoms. The van der Waals surface area contributed by atoms with Gasteiger partial charge in [0.2, 0.25) is 0 Å². The average Bonchev–Trinajstić information content (AvgIpc) is 2.23. The second-order valence-corrected chi connectivity index (χ2v) is 5.85. The molecule has 0 saturated carbocycles. The third-order valence-electron chi connectivity index (χ3n) is 2.63. The molecule has 108 valence electrons. The lowest BCUT2D eigenvalue weighted by atomic mass is 10.1. The number of hydrogen-bond donors (Lipinski definition) is 1. The van der Waals surface area contributed by atoms with Crippen molar-refractivity contribution < 1.29 is 8.78 Å². The summed E-state index contributed by atoms with van der Waals surface area (Å²) in [6, 6.07) is 3.83. The molecule has 0 aliphatic carbocycles. The topological polar surface area (TPSA) is 28.2 Å². The van der Waals surface area contributed by atoms with E-state index in [9.17, 15) is 8.78 Å². The molecule has 1 heterocycles. The number of alkyl halides is 2. The highest BCUT2D eigenvalue weighted by atomic mass is 19.3. The van der Waals surface area contributed by atoms with Crippen LogP contribution in [0.1, 0.15) is 32.0 Å². The van der Waals surface area contributed by atoms with Gasteiger partial charge in [0.15, 0.2) is 0 Å². The van der Waals surface area contributed by atoms with Crippen LogP contribution in [0.3, 0.4) is 0 Å². The molecule has 1 aromatic rings. The van der Waals surface area contributed by atoms with Crippen LogP contribution in [-0.2, 0) is 6.54 Å². The van der Waals surface area contributed by atoms with Crippen LogP contribution < -0.4 is 10.2 Å². The number of anilines is 1. The van der Waals surface area contributed by atoms with E-state index in [1.54, 1.807) is 7.05 Å². The first kappa shape index (κ1) is 15.8. The van der Waals surface area contributed by atoms with Gasteiger partial charge in [-0.05, 0) is 45.4 Å². The summed E-state index contributed by atoms with van der Waals surface area (Å²) in [7, 11) is 1.63. The molecule has 0 radical (unpaired) electrons. The van der Waals surface area contributed by atoms with Crippen molar-refractivity contribution in [1.29, 1.82) is 0 Å². The fourth-order valence-electron chi connectivity index (χ4n) is 1.69. The van der Waals surface area contributed by atoms with E-state index in [1.807, 2.05) is 19.1 Å². The molecule has 0 unspecified atom stereocenters. The van der Waals surface area contributed by atoms with Crippen LogP contribution in [0.25, 0.3) is 0 Å². The summed E-state index contributed by atoms with van der Waals surface area (Å²) in [5, 5.41) is 3.38. The highest BCUT2D eigenvalue weighted by Gasteiger charge is 2.12. The fourth-order valence-corrected chi connectivity index (χ4v) is 1.69. The summed E-state index contributed by atoms with van der Waals surface area (Å²) < 4.78 is 24.8. The molecule has 0 fully saturated rings. The van der Waals surface area contributed by atoms with Crippen molar-refractivity contribution in [3.8, 4) is 0 Å². The fraction of sp³-hybridized carbons (Fsp3) is 0.643. The Morgan fingerprint density at radius 2 is 1.95 bits per heavy atom. The summed E-state index contributed by atoms with van der Waals surface area (Å²) in [5.41, 5.74) is 1.91. The first-order valence-electron chi connectivity index (χ1n) is 6.39. The van der Waals surface area contributed by atoms with E-state index in [1.165, 1.54) is 4.90 Å². The zero-order chi connectivity index (χ0) is 14.6. The second-order valence-electron chi connectivity index (χ2n) is 5.85. The standard InChI is InChI=1S/C14H23F2N3/c1-10-6-11(8-17-14(2,3)4)7-13(18-10)19(5)9-12(15)16/h6-7,12,17H,8-9H2,1-5H3. The van der Waals surface area contributed by atoms with Gasteiger partial charge >= 0.3 is 0 Å². The highest BCUT2D eigenvalue weighted by molar-refractivity contribution is 5.42. The maximum Gasteiger partial charge on any atom is 0.255 e. The van der Waals surface area contributed by atoms with Gasteiger partial charge in [-0.3, -0.25) is 0 Å². The van der Waals surface area contributed by atoms with Gasteiger partial charge in [-0.25, -0.2) is 13.8 Å². The van der Waals surface area contributed by atoms with Crippen LogP contribution in [0.15, 0.2) is 12.1 Å². The van der Waals surface area contributed by atoms with Crippen molar-refractivity contribution in [3.63, 3.8) is 0 Å². The molecule has 1 aromatic heterocycles. The summed E-state index contributed by atoms with van der Waals surface area (Å²) in [6.07, 6.45) is -2.36. The van der Waals surface area contributed by atoms with Gasteiger partial charge in [0.25, 0.3) is 6.43 Å². The zero-order valence-corrected chi connectivity index (χ0v) is 12.3. The van der Waals surface area contributed by atoms with Crippen molar-refractivity contribution in [2.75, 3.05) is 18.5 Å². The predicted octanol–water partition coefficient (Wildman–Crippen LogP) is 2.98. The number of aryl methyl sites for hydroxylation is 1. The largest absolute Gasteiger partial charge is 0.354 e. The Morgan fingerprint density at radius 3 is 2.47 bits per heavy atom. The number of nitrogens with zero attached hydrogens (tertiary/aromatic N) is 2. The van der Waals surface area contributed by atoms with E-state index in [-0.39, 0.29) is 12.1 Å². The normalized spacial score (nSPS) is 12.0. The number of nitrogens with one attached hydrogen (secondary N) is 1. The molecule has 0 saturated heterocycles. The van der Waals surface area contributed by atoms with Crippen LogP contribution in [0.2, 0.25) is 0 Å². The van der Waals surface area contributed by atoms with Crippen LogP contribution in [-0.4, -0.2) is 30.5 Å². The van der Waals surface area contributed by atoms with E-state index in [4.69, 9.17) is 0 Å². The Morgan fingerprint density at radius 1 is 1.32 bits per heavy atom. The van der Waals surface area contributed by atoms with Crippen molar-refractivity contribution in [2.24, 2.45) is 0 Å². The predicted molar refractivity (Wildman–Crippen MR) is 74.8 cm³/mol. The Hall–Kier alpha value is -1.23. The number of aromatic nitrogens is 1. The first-order chi connectivity index (χ1) is 8.67. The number of rotatable bonds is 5. The maximum atomic E-state index is 12.4. The quantitative estimate of drug-likeness (QED) is 0.892. The van der Waals surface area contributed by atoms with Crippen molar-refractivity contribution in [3.05, 3.63) is 23.4 Å². The third kappa shape index (κ3) is 5.96. The molecule has 0 aliphatic rings. The second kappa shape index (κ2) is 6.28. The van der Waals surface area contributed by atoms with Crippen LogP contribution in [0.4, 0.5) is 14.6 Å². The minimum Gasteiger partial charge on any atom is -0.354 e. The van der Waals surface area contributed by atoms with Crippen LogP contribution in [0.5, 0.6) is 0 Å². The molecule has 1 rings (SSSR count). The van der Waals surface area contributed by atoms with E-state index < -0.39 is 6.43 Å². The molecule has 0 aliphatic heterocycles. The number of halogens is 2. The summed E-state index contributed by atoms with van der Waals surface area (Å²) in [5.74, 6) is 0.589. The summed E-state index contributed by atoms with van der Waals surface area (Å²) >= 11 is 0. The number of hydrogen-bond acceptors (Lipinski definition) is 3. The first-order valence-corrected chi connectivity index (χ1v) is 6.39. The molecular formula is C14H23F2N3. The van der Waals surface area contributed by atoms with Gasteiger partial charge in [0.05, 0.1) is 6.54 Å². The zero-order valence-electron chi connectivity index (χ0n) is 12.3. The van der Waals surface area contributed by atoms with Gasteiger partial charge in [-0.2, -0.15) is 0 Å². The SMILES string of the molecule is Cc1cc(CNC(C)(C)C)cc(N(C)CC(F)F)n1. The molecule has 0 atom stereocenters. The minimum absolute atomic E-state index is 0.0201. The van der Waals surface area contributed by atoms with Gasteiger partial charge in [-0.15, -0.1) is 0 Å². The lowest BCUT2D eigenvalue weighted by molar-refractivity contribution is 0.156. The third-order valence-corrected chi connectivity index (χ3v) is 2.63. The summed E-state index contributed by atoms with van der Waals surface area (Å²) in [6.45, 7) is 8.53. The maximum absolute atomic E-state index is 12.4. The minimum atomic E-state index is -2.36. The van der Waals surface area contributed by atoms with Crippen molar-refractivity contribution >= 4 is 5.82 Å². The van der Waals surface area contributed by atoms with Crippen molar-refractivity contribution in [2.45, 2.75) is 46.2 Å². The van der Waals surface area contributed by atoms with E-state index in [0.29, 0.717) is 12.4 Å². The van der Waals surface area contributed by atoms with Crippen molar-refractivity contribution in [1.82, 2.24) is 10.3 Å². The Balaban J connectivity index is 2.82. The van der Waals surface area contributed by atoms with E-state index in [0.717, 1.165) is 11.3 Å². The Labute approximate surface area is 114 Å². The molecule has 0 spiro atoms. The van der Waals surface area contributed by atoms with Gasteiger partial charge in [0.1, 0.15) is 5.82 Å². The lowest BCUT2D eigenvalue weighted by Gasteiger charge is -2.22.